The summed E-state index contributed by atoms with van der Waals surface area (Å²) in [6.45, 7) is 9.21. The van der Waals surface area contributed by atoms with E-state index in [4.69, 9.17) is 4.74 Å². The highest BCUT2D eigenvalue weighted by Gasteiger charge is 2.24. The summed E-state index contributed by atoms with van der Waals surface area (Å²) in [5.74, 6) is 1.03. The summed E-state index contributed by atoms with van der Waals surface area (Å²) in [6.07, 6.45) is 2.54. The maximum absolute atomic E-state index is 12.5. The zero-order valence-electron chi connectivity index (χ0n) is 17.9. The monoisotopic (exact) mass is 409 g/mol. The zero-order valence-corrected chi connectivity index (χ0v) is 17.9. The Morgan fingerprint density at radius 2 is 1.67 bits per heavy atom. The van der Waals surface area contributed by atoms with Gasteiger partial charge in [0.1, 0.15) is 5.75 Å². The number of para-hydroxylation sites is 2. The average Bonchev–Trinajstić information content (AvgIpc) is 3.30. The SMILES string of the molecule is CCOc1ccccc1N1CC[NH+](CC(=O)Nc2ccc(N3CCCC3)cc2)CC1. The molecule has 0 radical (unpaired) electrons. The molecule has 0 spiro atoms. The fourth-order valence-corrected chi connectivity index (χ4v) is 4.40. The van der Waals surface area contributed by atoms with E-state index in [0.717, 1.165) is 56.4 Å². The van der Waals surface area contributed by atoms with E-state index in [1.54, 1.807) is 0 Å². The second-order valence-electron chi connectivity index (χ2n) is 8.10. The summed E-state index contributed by atoms with van der Waals surface area (Å²) in [4.78, 5) is 18.6. The van der Waals surface area contributed by atoms with Crippen molar-refractivity contribution >= 4 is 23.0 Å². The fourth-order valence-electron chi connectivity index (χ4n) is 4.40. The first kappa shape index (κ1) is 20.5. The number of ether oxygens (including phenoxy) is 1. The Kier molecular flexibility index (Phi) is 6.74. The molecule has 0 aliphatic carbocycles. The third kappa shape index (κ3) is 5.05. The van der Waals surface area contributed by atoms with Gasteiger partial charge in [-0.3, -0.25) is 4.79 Å². The van der Waals surface area contributed by atoms with Gasteiger partial charge in [-0.05, 0) is 56.2 Å². The van der Waals surface area contributed by atoms with Gasteiger partial charge in [0.05, 0.1) is 38.5 Å². The molecular weight excluding hydrogens is 376 g/mol. The largest absolute Gasteiger partial charge is 0.492 e. The number of quaternary nitrogens is 1. The predicted octanol–water partition coefficient (Wildman–Crippen LogP) is 2.03. The van der Waals surface area contributed by atoms with Crippen LogP contribution in [0.3, 0.4) is 0 Å². The smallest absolute Gasteiger partial charge is 0.279 e. The third-order valence-corrected chi connectivity index (χ3v) is 6.01. The summed E-state index contributed by atoms with van der Waals surface area (Å²) in [5, 5.41) is 3.06. The number of anilines is 3. The standard InChI is InChI=1S/C24H32N4O2/c1-2-30-23-8-4-3-7-22(23)28-17-15-26(16-18-28)19-24(29)25-20-9-11-21(12-10-20)27-13-5-6-14-27/h3-4,7-12H,2,5-6,13-19H2,1H3,(H,25,29)/p+1. The minimum atomic E-state index is 0.0853. The second kappa shape index (κ2) is 9.85. The van der Waals surface area contributed by atoms with Crippen LogP contribution in [-0.4, -0.2) is 58.3 Å². The van der Waals surface area contributed by atoms with Crippen LogP contribution in [0.4, 0.5) is 17.1 Å². The summed E-state index contributed by atoms with van der Waals surface area (Å²) < 4.78 is 5.77. The van der Waals surface area contributed by atoms with Gasteiger partial charge in [0.15, 0.2) is 6.54 Å². The van der Waals surface area contributed by atoms with E-state index < -0.39 is 0 Å². The maximum atomic E-state index is 12.5. The van der Waals surface area contributed by atoms with Crippen molar-refractivity contribution in [3.63, 3.8) is 0 Å². The van der Waals surface area contributed by atoms with Gasteiger partial charge in [0.25, 0.3) is 5.91 Å². The van der Waals surface area contributed by atoms with Gasteiger partial charge in [-0.1, -0.05) is 12.1 Å². The van der Waals surface area contributed by atoms with Crippen molar-refractivity contribution in [2.45, 2.75) is 19.8 Å². The van der Waals surface area contributed by atoms with Gasteiger partial charge >= 0.3 is 0 Å². The lowest BCUT2D eigenvalue weighted by Crippen LogP contribution is -3.15. The van der Waals surface area contributed by atoms with Gasteiger partial charge in [0, 0.05) is 24.5 Å². The van der Waals surface area contributed by atoms with Crippen molar-refractivity contribution in [3.8, 4) is 5.75 Å². The van der Waals surface area contributed by atoms with Crippen LogP contribution in [0.25, 0.3) is 0 Å². The van der Waals surface area contributed by atoms with Crippen molar-refractivity contribution in [1.29, 1.82) is 0 Å². The molecule has 1 amide bonds. The lowest BCUT2D eigenvalue weighted by molar-refractivity contribution is -0.892. The van der Waals surface area contributed by atoms with Crippen molar-refractivity contribution < 1.29 is 14.4 Å². The number of hydrogen-bond donors (Lipinski definition) is 2. The molecule has 0 atom stereocenters. The van der Waals surface area contributed by atoms with E-state index in [-0.39, 0.29) is 5.91 Å². The third-order valence-electron chi connectivity index (χ3n) is 6.01. The van der Waals surface area contributed by atoms with Crippen LogP contribution in [0.2, 0.25) is 0 Å². The molecule has 6 heteroatoms. The molecule has 0 saturated carbocycles. The summed E-state index contributed by atoms with van der Waals surface area (Å²) >= 11 is 0. The Bertz CT molecular complexity index is 825. The molecule has 30 heavy (non-hydrogen) atoms. The van der Waals surface area contributed by atoms with E-state index in [0.29, 0.717) is 13.2 Å². The summed E-state index contributed by atoms with van der Waals surface area (Å²) in [5.41, 5.74) is 3.28. The van der Waals surface area contributed by atoms with E-state index in [9.17, 15) is 4.79 Å². The van der Waals surface area contributed by atoms with Gasteiger partial charge in [0.2, 0.25) is 0 Å². The second-order valence-corrected chi connectivity index (χ2v) is 8.10. The fraction of sp³-hybridized carbons (Fsp3) is 0.458. The minimum absolute atomic E-state index is 0.0853. The molecule has 6 nitrogen and oxygen atoms in total. The predicted molar refractivity (Wildman–Crippen MR) is 122 cm³/mol. The number of nitrogens with one attached hydrogen (secondary N) is 2. The Morgan fingerprint density at radius 1 is 0.967 bits per heavy atom. The highest BCUT2D eigenvalue weighted by molar-refractivity contribution is 5.91. The molecule has 0 aromatic heterocycles. The molecule has 2 aliphatic rings. The Labute approximate surface area is 179 Å². The number of carbonyl (C=O) groups is 1. The topological polar surface area (TPSA) is 49.3 Å². The van der Waals surface area contributed by atoms with E-state index in [2.05, 4.69) is 39.4 Å². The van der Waals surface area contributed by atoms with Crippen LogP contribution in [0.1, 0.15) is 19.8 Å². The van der Waals surface area contributed by atoms with Crippen molar-refractivity contribution in [2.75, 3.05) is 67.5 Å². The molecule has 2 aliphatic heterocycles. The number of rotatable bonds is 7. The van der Waals surface area contributed by atoms with Gasteiger partial charge in [-0.25, -0.2) is 0 Å². The van der Waals surface area contributed by atoms with E-state index >= 15 is 0 Å². The van der Waals surface area contributed by atoms with Crippen LogP contribution in [0.5, 0.6) is 5.75 Å². The molecule has 2 heterocycles. The Hall–Kier alpha value is -2.73. The molecule has 4 rings (SSSR count). The van der Waals surface area contributed by atoms with Crippen LogP contribution in [-0.2, 0) is 4.79 Å². The molecule has 2 aromatic carbocycles. The molecule has 2 aromatic rings. The van der Waals surface area contributed by atoms with Crippen molar-refractivity contribution in [3.05, 3.63) is 48.5 Å². The first-order chi connectivity index (χ1) is 14.7. The first-order valence-corrected chi connectivity index (χ1v) is 11.2. The van der Waals surface area contributed by atoms with Gasteiger partial charge in [-0.2, -0.15) is 0 Å². The molecule has 160 valence electrons. The molecule has 2 saturated heterocycles. The summed E-state index contributed by atoms with van der Waals surface area (Å²) in [7, 11) is 0. The molecule has 0 unspecified atom stereocenters. The average molecular weight is 410 g/mol. The van der Waals surface area contributed by atoms with E-state index in [1.807, 2.05) is 31.2 Å². The van der Waals surface area contributed by atoms with E-state index in [1.165, 1.54) is 23.4 Å². The quantitative estimate of drug-likeness (QED) is 0.735. The highest BCUT2D eigenvalue weighted by Crippen LogP contribution is 2.27. The number of amides is 1. The number of piperazine rings is 1. The molecule has 0 bridgehead atoms. The number of carbonyl (C=O) groups excluding carboxylic acids is 1. The van der Waals surface area contributed by atoms with Crippen LogP contribution < -0.4 is 24.8 Å². The molecular formula is C24H33N4O2+. The van der Waals surface area contributed by atoms with Crippen molar-refractivity contribution in [2.24, 2.45) is 0 Å². The number of nitrogens with zero attached hydrogens (tertiary/aromatic N) is 2. The van der Waals surface area contributed by atoms with Crippen molar-refractivity contribution in [1.82, 2.24) is 0 Å². The zero-order chi connectivity index (χ0) is 20.8. The lowest BCUT2D eigenvalue weighted by atomic mass is 10.2. The van der Waals surface area contributed by atoms with Gasteiger partial charge < -0.3 is 24.8 Å². The molecule has 2 N–H and O–H groups in total. The number of benzene rings is 2. The lowest BCUT2D eigenvalue weighted by Gasteiger charge is -2.34. The Morgan fingerprint density at radius 3 is 2.37 bits per heavy atom. The summed E-state index contributed by atoms with van der Waals surface area (Å²) in [6, 6.07) is 16.5. The van der Waals surface area contributed by atoms with Crippen LogP contribution >= 0.6 is 0 Å². The normalized spacial score (nSPS) is 17.2. The molecule has 2 fully saturated rings. The Balaban J connectivity index is 1.25. The highest BCUT2D eigenvalue weighted by atomic mass is 16.5. The minimum Gasteiger partial charge on any atom is -0.492 e. The van der Waals surface area contributed by atoms with Crippen LogP contribution in [0.15, 0.2) is 48.5 Å². The van der Waals surface area contributed by atoms with Gasteiger partial charge in [-0.15, -0.1) is 0 Å². The maximum Gasteiger partial charge on any atom is 0.279 e. The number of hydrogen-bond acceptors (Lipinski definition) is 4. The van der Waals surface area contributed by atoms with Crippen LogP contribution in [0, 0.1) is 0 Å². The first-order valence-electron chi connectivity index (χ1n) is 11.2.